The highest BCUT2D eigenvalue weighted by molar-refractivity contribution is 5.92. The van der Waals surface area contributed by atoms with Crippen molar-refractivity contribution in [1.29, 1.82) is 0 Å². The molecule has 0 bridgehead atoms. The second-order valence-electron chi connectivity index (χ2n) is 7.70. The number of rotatable bonds is 5. The number of pyridine rings is 2. The van der Waals surface area contributed by atoms with Gasteiger partial charge in [0.2, 0.25) is 0 Å². The number of fused-ring (bicyclic) bond motifs is 1. The monoisotopic (exact) mass is 466 g/mol. The molecule has 33 heavy (non-hydrogen) atoms. The molecule has 1 aliphatic rings. The lowest BCUT2D eigenvalue weighted by molar-refractivity contribution is -0.141. The summed E-state index contributed by atoms with van der Waals surface area (Å²) in [5, 5.41) is 3.65. The molecule has 0 aliphatic carbocycles. The molecule has 7 nitrogen and oxygen atoms in total. The summed E-state index contributed by atoms with van der Waals surface area (Å²) >= 11 is 0. The predicted octanol–water partition coefficient (Wildman–Crippen LogP) is 3.97. The Labute approximate surface area is 185 Å². The van der Waals surface area contributed by atoms with Crippen LogP contribution in [0.25, 0.3) is 11.1 Å². The number of nitrogens with two attached hydrogens (primary N) is 1. The number of amides is 1. The number of aromatic nitrogens is 4. The van der Waals surface area contributed by atoms with Crippen LogP contribution in [-0.2, 0) is 19.1 Å². The smallest absolute Gasteiger partial charge is 0.364 e. The summed E-state index contributed by atoms with van der Waals surface area (Å²) in [6, 6.07) is 3.59. The number of nitrogens with zero attached hydrogens (tertiary/aromatic N) is 5. The van der Waals surface area contributed by atoms with Crippen molar-refractivity contribution in [2.75, 3.05) is 6.54 Å². The molecular formula is C21H19F5N6O. The summed E-state index contributed by atoms with van der Waals surface area (Å²) in [4.78, 5) is 21.5. The van der Waals surface area contributed by atoms with Gasteiger partial charge in [-0.3, -0.25) is 14.7 Å². The van der Waals surface area contributed by atoms with E-state index < -0.39 is 30.4 Å². The normalized spacial score (nSPS) is 15.5. The fraction of sp³-hybridized carbons (Fsp3) is 0.333. The third-order valence-corrected chi connectivity index (χ3v) is 5.68. The van der Waals surface area contributed by atoms with Crippen molar-refractivity contribution in [3.05, 3.63) is 65.0 Å². The van der Waals surface area contributed by atoms with E-state index in [1.54, 1.807) is 6.92 Å². The van der Waals surface area contributed by atoms with E-state index in [9.17, 15) is 26.7 Å². The van der Waals surface area contributed by atoms with Gasteiger partial charge in [-0.1, -0.05) is 0 Å². The first-order valence-corrected chi connectivity index (χ1v) is 9.97. The third-order valence-electron chi connectivity index (χ3n) is 5.68. The molecule has 0 unspecified atom stereocenters. The Morgan fingerprint density at radius 2 is 2.00 bits per heavy atom. The zero-order valence-corrected chi connectivity index (χ0v) is 17.4. The quantitative estimate of drug-likeness (QED) is 0.575. The van der Waals surface area contributed by atoms with Gasteiger partial charge in [0.25, 0.3) is 5.91 Å². The minimum atomic E-state index is -4.56. The Hall–Kier alpha value is -3.41. The molecule has 0 saturated heterocycles. The Kier molecular flexibility index (Phi) is 5.87. The molecule has 0 radical (unpaired) electrons. The van der Waals surface area contributed by atoms with Crippen LogP contribution in [0.5, 0.6) is 0 Å². The molecule has 3 aromatic heterocycles. The highest BCUT2D eigenvalue weighted by atomic mass is 19.4. The second-order valence-corrected chi connectivity index (χ2v) is 7.70. The van der Waals surface area contributed by atoms with Gasteiger partial charge in [0, 0.05) is 37.1 Å². The average molecular weight is 466 g/mol. The Balaban J connectivity index is 1.68. The third kappa shape index (κ3) is 4.56. The molecular weight excluding hydrogens is 447 g/mol. The number of halogens is 5. The van der Waals surface area contributed by atoms with Crippen molar-refractivity contribution in [1.82, 2.24) is 24.6 Å². The molecule has 2 N–H and O–H groups in total. The van der Waals surface area contributed by atoms with E-state index in [1.165, 1.54) is 24.5 Å². The summed E-state index contributed by atoms with van der Waals surface area (Å²) in [6.07, 6.45) is -0.542. The van der Waals surface area contributed by atoms with Gasteiger partial charge in [0.1, 0.15) is 11.4 Å². The van der Waals surface area contributed by atoms with Crippen molar-refractivity contribution in [3.63, 3.8) is 0 Å². The topological polar surface area (TPSA) is 89.9 Å². The summed E-state index contributed by atoms with van der Waals surface area (Å²) in [5.74, 6) is -0.783. The van der Waals surface area contributed by atoms with Gasteiger partial charge in [-0.05, 0) is 48.2 Å². The van der Waals surface area contributed by atoms with Gasteiger partial charge in [-0.15, -0.1) is 0 Å². The molecule has 1 atom stereocenters. The zero-order valence-electron chi connectivity index (χ0n) is 17.4. The summed E-state index contributed by atoms with van der Waals surface area (Å²) in [5.41, 5.74) is 7.02. The zero-order chi connectivity index (χ0) is 23.9. The summed E-state index contributed by atoms with van der Waals surface area (Å²) in [6.45, 7) is -0.334. The van der Waals surface area contributed by atoms with Crippen LogP contribution < -0.4 is 5.73 Å². The summed E-state index contributed by atoms with van der Waals surface area (Å²) < 4.78 is 65.7. The van der Waals surface area contributed by atoms with Gasteiger partial charge in [0.15, 0.2) is 0 Å². The first kappa shape index (κ1) is 22.8. The highest BCUT2D eigenvalue weighted by Crippen LogP contribution is 2.35. The van der Waals surface area contributed by atoms with Crippen LogP contribution in [0.15, 0.2) is 36.8 Å². The van der Waals surface area contributed by atoms with Crippen molar-refractivity contribution in [2.45, 2.75) is 38.7 Å². The second kappa shape index (κ2) is 8.50. The van der Waals surface area contributed by atoms with Crippen LogP contribution in [0.3, 0.4) is 0 Å². The number of hydrogen-bond donors (Lipinski definition) is 1. The number of carbonyl (C=O) groups is 1. The molecule has 1 aliphatic heterocycles. The van der Waals surface area contributed by atoms with Crippen LogP contribution in [0, 0.1) is 0 Å². The molecule has 0 spiro atoms. The molecule has 1 amide bonds. The Morgan fingerprint density at radius 1 is 1.24 bits per heavy atom. The molecule has 0 aromatic carbocycles. The number of alkyl halides is 5. The van der Waals surface area contributed by atoms with E-state index in [1.807, 2.05) is 4.90 Å². The molecule has 4 heterocycles. The number of hydrogen-bond acceptors (Lipinski definition) is 5. The van der Waals surface area contributed by atoms with Crippen molar-refractivity contribution >= 4 is 5.91 Å². The lowest BCUT2D eigenvalue weighted by Gasteiger charge is -2.34. The van der Waals surface area contributed by atoms with Gasteiger partial charge < -0.3 is 5.73 Å². The lowest BCUT2D eigenvalue weighted by Crippen LogP contribution is -2.34. The molecule has 3 aromatic rings. The van der Waals surface area contributed by atoms with Crippen LogP contribution in [0.2, 0.25) is 0 Å². The van der Waals surface area contributed by atoms with Crippen LogP contribution in [0.1, 0.15) is 52.5 Å². The van der Waals surface area contributed by atoms with Crippen LogP contribution in [-0.4, -0.2) is 37.1 Å². The Bertz CT molecular complexity index is 1190. The van der Waals surface area contributed by atoms with Crippen molar-refractivity contribution in [3.8, 4) is 11.1 Å². The van der Waals surface area contributed by atoms with Gasteiger partial charge >= 0.3 is 12.7 Å². The van der Waals surface area contributed by atoms with E-state index in [4.69, 9.17) is 5.73 Å². The average Bonchev–Trinajstić information content (AvgIpc) is 3.27. The van der Waals surface area contributed by atoms with Gasteiger partial charge in [-0.2, -0.15) is 27.1 Å². The van der Waals surface area contributed by atoms with Gasteiger partial charge in [-0.25, -0.2) is 9.67 Å². The van der Waals surface area contributed by atoms with E-state index in [0.29, 0.717) is 40.0 Å². The van der Waals surface area contributed by atoms with Gasteiger partial charge in [0.05, 0.1) is 11.9 Å². The van der Waals surface area contributed by atoms with Crippen molar-refractivity contribution < 1.29 is 26.7 Å². The minimum absolute atomic E-state index is 0.0358. The largest absolute Gasteiger partial charge is 0.433 e. The standard InChI is InChI=1S/C21H19F5N6O/c1-11(12-2-4-28-18(6-12)21(24,25)26)31-5-3-14-15(13-8-29-32(9-13)20(22)23)7-16(19(27)33)30-17(14)10-31/h2,4,6-9,11,20H,3,5,10H2,1H3,(H2,27,33)/t11-/m1/s1. The molecule has 174 valence electrons. The first-order valence-electron chi connectivity index (χ1n) is 9.97. The fourth-order valence-electron chi connectivity index (χ4n) is 3.93. The number of primary amides is 1. The maximum atomic E-state index is 13.1. The predicted molar refractivity (Wildman–Crippen MR) is 107 cm³/mol. The molecule has 12 heteroatoms. The van der Waals surface area contributed by atoms with E-state index in [-0.39, 0.29) is 12.2 Å². The maximum absolute atomic E-state index is 13.1. The van der Waals surface area contributed by atoms with E-state index in [2.05, 4.69) is 15.1 Å². The summed E-state index contributed by atoms with van der Waals surface area (Å²) in [7, 11) is 0. The maximum Gasteiger partial charge on any atom is 0.433 e. The minimum Gasteiger partial charge on any atom is -0.364 e. The number of carbonyl (C=O) groups excluding carboxylic acids is 1. The molecule has 0 fully saturated rings. The van der Waals surface area contributed by atoms with E-state index in [0.717, 1.165) is 17.8 Å². The fourth-order valence-corrected chi connectivity index (χ4v) is 3.93. The Morgan fingerprint density at radius 3 is 2.64 bits per heavy atom. The molecule has 0 saturated carbocycles. The first-order chi connectivity index (χ1) is 15.5. The highest BCUT2D eigenvalue weighted by Gasteiger charge is 2.33. The van der Waals surface area contributed by atoms with Crippen LogP contribution >= 0.6 is 0 Å². The lowest BCUT2D eigenvalue weighted by atomic mass is 9.93. The van der Waals surface area contributed by atoms with Crippen LogP contribution in [0.4, 0.5) is 22.0 Å². The van der Waals surface area contributed by atoms with Crippen molar-refractivity contribution in [2.24, 2.45) is 5.73 Å². The SMILES string of the molecule is C[C@H](c1ccnc(C(F)(F)F)c1)N1CCc2c(-c3cnn(C(F)F)c3)cc(C(N)=O)nc2C1. The molecule has 4 rings (SSSR count). The van der Waals surface area contributed by atoms with E-state index >= 15 is 0 Å².